The van der Waals surface area contributed by atoms with Crippen LogP contribution in [0.15, 0.2) is 29.3 Å². The average Bonchev–Trinajstić information content (AvgIpc) is 2.53. The molecule has 0 unspecified atom stereocenters. The Morgan fingerprint density at radius 1 is 1.25 bits per heavy atom. The minimum atomic E-state index is -0.193. The Kier molecular flexibility index (Phi) is 13.9. The molecule has 5 nitrogen and oxygen atoms in total. The van der Waals surface area contributed by atoms with Crippen LogP contribution in [0, 0.1) is 5.82 Å². The van der Waals surface area contributed by atoms with Gasteiger partial charge in [0.05, 0.1) is 0 Å². The largest absolute Gasteiger partial charge is 0.385 e. The molecule has 0 radical (unpaired) electrons. The van der Waals surface area contributed by atoms with E-state index in [4.69, 9.17) is 4.74 Å². The van der Waals surface area contributed by atoms with Crippen LogP contribution in [0.2, 0.25) is 0 Å². The molecule has 1 aromatic carbocycles. The average molecular weight is 452 g/mol. The second kappa shape index (κ2) is 14.4. The fourth-order valence-corrected chi connectivity index (χ4v) is 2.19. The second-order valence-electron chi connectivity index (χ2n) is 5.46. The van der Waals surface area contributed by atoms with Crippen molar-refractivity contribution >= 4 is 29.9 Å². The van der Waals surface area contributed by atoms with Crippen molar-refractivity contribution in [2.24, 2.45) is 4.99 Å². The van der Waals surface area contributed by atoms with Crippen molar-refractivity contribution in [3.8, 4) is 0 Å². The molecule has 0 amide bonds. The lowest BCUT2D eigenvalue weighted by molar-refractivity contribution is 0.180. The Morgan fingerprint density at radius 2 is 2.00 bits per heavy atom. The fraction of sp³-hybridized carbons (Fsp3) is 0.588. The predicted octanol–water partition coefficient (Wildman–Crippen LogP) is 2.12. The fourth-order valence-electron chi connectivity index (χ4n) is 2.19. The van der Waals surface area contributed by atoms with Crippen LogP contribution in [0.25, 0.3) is 0 Å². The van der Waals surface area contributed by atoms with Crippen LogP contribution in [-0.2, 0) is 11.2 Å². The number of benzene rings is 1. The van der Waals surface area contributed by atoms with E-state index in [1.54, 1.807) is 26.3 Å². The minimum absolute atomic E-state index is 0. The monoisotopic (exact) mass is 452 g/mol. The molecular weight excluding hydrogens is 422 g/mol. The van der Waals surface area contributed by atoms with Gasteiger partial charge in [0.1, 0.15) is 5.82 Å². The Bertz CT molecular complexity index is 474. The van der Waals surface area contributed by atoms with Crippen molar-refractivity contribution in [2.45, 2.75) is 12.8 Å². The van der Waals surface area contributed by atoms with Gasteiger partial charge in [-0.25, -0.2) is 4.39 Å². The predicted molar refractivity (Wildman–Crippen MR) is 109 cm³/mol. The van der Waals surface area contributed by atoms with E-state index in [-0.39, 0.29) is 29.8 Å². The van der Waals surface area contributed by atoms with E-state index in [0.29, 0.717) is 6.54 Å². The Balaban J connectivity index is 0.00000529. The van der Waals surface area contributed by atoms with E-state index in [1.165, 1.54) is 6.07 Å². The highest BCUT2D eigenvalue weighted by molar-refractivity contribution is 14.0. The van der Waals surface area contributed by atoms with Gasteiger partial charge in [-0.15, -0.1) is 24.0 Å². The Labute approximate surface area is 162 Å². The normalized spacial score (nSPS) is 11.3. The summed E-state index contributed by atoms with van der Waals surface area (Å²) in [5.41, 5.74) is 0.978. The SMILES string of the molecule is CN=C(NCCc1cccc(F)c1)NCCN(C)CCCOC.I. The molecule has 0 atom stereocenters. The number of ether oxygens (including phenoxy) is 1. The van der Waals surface area contributed by atoms with Crippen LogP contribution in [0.4, 0.5) is 4.39 Å². The third-order valence-electron chi connectivity index (χ3n) is 3.49. The number of aliphatic imine (C=N–C) groups is 1. The van der Waals surface area contributed by atoms with Gasteiger partial charge < -0.3 is 20.3 Å². The molecule has 0 aliphatic carbocycles. The van der Waals surface area contributed by atoms with Gasteiger partial charge in [0, 0.05) is 46.9 Å². The molecule has 0 fully saturated rings. The molecule has 1 rings (SSSR count). The topological polar surface area (TPSA) is 48.9 Å². The minimum Gasteiger partial charge on any atom is -0.385 e. The first-order valence-corrected chi connectivity index (χ1v) is 8.02. The number of hydrogen-bond acceptors (Lipinski definition) is 3. The third kappa shape index (κ3) is 10.8. The summed E-state index contributed by atoms with van der Waals surface area (Å²) in [5.74, 6) is 0.577. The summed E-state index contributed by atoms with van der Waals surface area (Å²) in [6.45, 7) is 4.28. The maximum atomic E-state index is 13.1. The molecule has 0 bridgehead atoms. The van der Waals surface area contributed by atoms with E-state index in [2.05, 4.69) is 27.6 Å². The van der Waals surface area contributed by atoms with Crippen molar-refractivity contribution in [2.75, 3.05) is 54.0 Å². The summed E-state index contributed by atoms with van der Waals surface area (Å²) in [7, 11) is 5.57. The first kappa shape index (κ1) is 23.1. The molecule has 24 heavy (non-hydrogen) atoms. The highest BCUT2D eigenvalue weighted by Crippen LogP contribution is 2.03. The van der Waals surface area contributed by atoms with Crippen LogP contribution >= 0.6 is 24.0 Å². The molecule has 0 heterocycles. The van der Waals surface area contributed by atoms with E-state index < -0.39 is 0 Å². The second-order valence-corrected chi connectivity index (χ2v) is 5.46. The van der Waals surface area contributed by atoms with Crippen molar-refractivity contribution in [3.05, 3.63) is 35.6 Å². The lowest BCUT2D eigenvalue weighted by Gasteiger charge is -2.18. The van der Waals surface area contributed by atoms with Crippen molar-refractivity contribution < 1.29 is 9.13 Å². The zero-order chi connectivity index (χ0) is 16.9. The standard InChI is InChI=1S/C17H29FN4O.HI/c1-19-17(21-10-12-22(2)11-5-13-23-3)20-9-8-15-6-4-7-16(18)14-15;/h4,6-7,14H,5,8-13H2,1-3H3,(H2,19,20,21);1H. The van der Waals surface area contributed by atoms with Crippen LogP contribution in [0.3, 0.4) is 0 Å². The van der Waals surface area contributed by atoms with Gasteiger partial charge in [-0.2, -0.15) is 0 Å². The van der Waals surface area contributed by atoms with Crippen LogP contribution in [0.1, 0.15) is 12.0 Å². The van der Waals surface area contributed by atoms with Crippen LogP contribution in [-0.4, -0.2) is 64.9 Å². The summed E-state index contributed by atoms with van der Waals surface area (Å²) in [4.78, 5) is 6.45. The molecule has 1 aromatic rings. The molecule has 2 N–H and O–H groups in total. The van der Waals surface area contributed by atoms with Crippen LogP contribution in [0.5, 0.6) is 0 Å². The zero-order valence-electron chi connectivity index (χ0n) is 14.8. The number of halogens is 2. The molecule has 0 saturated carbocycles. The Hall–Kier alpha value is -0.930. The number of guanidine groups is 1. The maximum Gasteiger partial charge on any atom is 0.191 e. The van der Waals surface area contributed by atoms with Crippen molar-refractivity contribution in [1.29, 1.82) is 0 Å². The van der Waals surface area contributed by atoms with Gasteiger partial charge in [-0.1, -0.05) is 12.1 Å². The maximum absolute atomic E-state index is 13.1. The first-order valence-electron chi connectivity index (χ1n) is 8.02. The van der Waals surface area contributed by atoms with Gasteiger partial charge >= 0.3 is 0 Å². The zero-order valence-corrected chi connectivity index (χ0v) is 17.2. The quantitative estimate of drug-likeness (QED) is 0.247. The third-order valence-corrected chi connectivity index (χ3v) is 3.49. The van der Waals surface area contributed by atoms with Gasteiger partial charge in [0.25, 0.3) is 0 Å². The first-order chi connectivity index (χ1) is 11.2. The number of hydrogen-bond donors (Lipinski definition) is 2. The number of methoxy groups -OCH3 is 1. The Morgan fingerprint density at radius 3 is 2.67 bits per heavy atom. The molecule has 7 heteroatoms. The van der Waals surface area contributed by atoms with Gasteiger partial charge in [-0.05, 0) is 37.6 Å². The molecule has 0 aliphatic rings. The molecule has 0 spiro atoms. The van der Waals surface area contributed by atoms with Crippen molar-refractivity contribution in [1.82, 2.24) is 15.5 Å². The summed E-state index contributed by atoms with van der Waals surface area (Å²) in [6, 6.07) is 6.68. The van der Waals surface area contributed by atoms with Gasteiger partial charge in [0.15, 0.2) is 5.96 Å². The lowest BCUT2D eigenvalue weighted by Crippen LogP contribution is -2.41. The summed E-state index contributed by atoms with van der Waals surface area (Å²) < 4.78 is 18.1. The number of nitrogens with zero attached hydrogens (tertiary/aromatic N) is 2. The number of likely N-dealkylation sites (N-methyl/N-ethyl adjacent to an activating group) is 1. The summed E-state index contributed by atoms with van der Waals surface area (Å²) in [5, 5.41) is 6.52. The van der Waals surface area contributed by atoms with Gasteiger partial charge in [0.2, 0.25) is 0 Å². The van der Waals surface area contributed by atoms with E-state index in [0.717, 1.165) is 50.6 Å². The van der Waals surface area contributed by atoms with E-state index in [1.807, 2.05) is 6.07 Å². The molecular formula is C17H30FIN4O. The molecule has 0 aromatic heterocycles. The molecule has 0 aliphatic heterocycles. The highest BCUT2D eigenvalue weighted by atomic mass is 127. The number of nitrogens with one attached hydrogen (secondary N) is 2. The van der Waals surface area contributed by atoms with E-state index in [9.17, 15) is 4.39 Å². The summed E-state index contributed by atoms with van der Waals surface area (Å²) in [6.07, 6.45) is 1.79. The molecule has 138 valence electrons. The van der Waals surface area contributed by atoms with Crippen LogP contribution < -0.4 is 10.6 Å². The number of rotatable bonds is 10. The highest BCUT2D eigenvalue weighted by Gasteiger charge is 2.01. The lowest BCUT2D eigenvalue weighted by atomic mass is 10.1. The van der Waals surface area contributed by atoms with E-state index >= 15 is 0 Å². The smallest absolute Gasteiger partial charge is 0.191 e. The molecule has 0 saturated heterocycles. The summed E-state index contributed by atoms with van der Waals surface area (Å²) >= 11 is 0. The van der Waals surface area contributed by atoms with Gasteiger partial charge in [-0.3, -0.25) is 4.99 Å². The van der Waals surface area contributed by atoms with Crippen molar-refractivity contribution in [3.63, 3.8) is 0 Å².